The standard InChI is InChI=1S/C9H12O4S2/c1-7(10)8-3-4-9(13-8)14-5-6-15(2,11)12/h3-4H,5-6H2,1-2H3. The van der Waals surface area contributed by atoms with Crippen molar-refractivity contribution in [2.75, 3.05) is 17.8 Å². The van der Waals surface area contributed by atoms with E-state index in [-0.39, 0.29) is 11.5 Å². The molecule has 0 fully saturated rings. The SMILES string of the molecule is CC(=O)c1ccc(SCCS(C)(=O)=O)o1. The van der Waals surface area contributed by atoms with Gasteiger partial charge in [0.15, 0.2) is 16.6 Å². The molecule has 0 aliphatic carbocycles. The van der Waals surface area contributed by atoms with Gasteiger partial charge in [-0.2, -0.15) is 0 Å². The van der Waals surface area contributed by atoms with Gasteiger partial charge in [0.1, 0.15) is 9.84 Å². The van der Waals surface area contributed by atoms with Crippen LogP contribution in [0.5, 0.6) is 0 Å². The topological polar surface area (TPSA) is 64.3 Å². The van der Waals surface area contributed by atoms with Crippen molar-refractivity contribution in [1.82, 2.24) is 0 Å². The molecule has 0 radical (unpaired) electrons. The molecule has 0 bridgehead atoms. The van der Waals surface area contributed by atoms with Gasteiger partial charge in [0.25, 0.3) is 0 Å². The second kappa shape index (κ2) is 4.85. The summed E-state index contributed by atoms with van der Waals surface area (Å²) in [6, 6.07) is 3.26. The summed E-state index contributed by atoms with van der Waals surface area (Å²) in [7, 11) is -2.93. The Morgan fingerprint density at radius 1 is 1.47 bits per heavy atom. The smallest absolute Gasteiger partial charge is 0.194 e. The Morgan fingerprint density at radius 3 is 2.60 bits per heavy atom. The van der Waals surface area contributed by atoms with Crippen molar-refractivity contribution >= 4 is 27.4 Å². The van der Waals surface area contributed by atoms with Crippen LogP contribution in [-0.4, -0.2) is 32.0 Å². The molecule has 4 nitrogen and oxygen atoms in total. The molecule has 0 spiro atoms. The van der Waals surface area contributed by atoms with Crippen molar-refractivity contribution in [2.45, 2.75) is 12.0 Å². The van der Waals surface area contributed by atoms with E-state index >= 15 is 0 Å². The molecule has 84 valence electrons. The first-order chi connectivity index (χ1) is 6.88. The molecule has 0 saturated carbocycles. The molecule has 0 aliphatic rings. The zero-order valence-electron chi connectivity index (χ0n) is 8.52. The maximum Gasteiger partial charge on any atom is 0.194 e. The first kappa shape index (κ1) is 12.3. The second-order valence-electron chi connectivity index (χ2n) is 3.15. The van der Waals surface area contributed by atoms with Crippen LogP contribution in [0.25, 0.3) is 0 Å². The summed E-state index contributed by atoms with van der Waals surface area (Å²) < 4.78 is 26.9. The van der Waals surface area contributed by atoms with Gasteiger partial charge in [-0.1, -0.05) is 11.8 Å². The van der Waals surface area contributed by atoms with Crippen LogP contribution in [-0.2, 0) is 9.84 Å². The Balaban J connectivity index is 2.48. The lowest BCUT2D eigenvalue weighted by Gasteiger charge is -1.96. The van der Waals surface area contributed by atoms with Crippen LogP contribution < -0.4 is 0 Å². The van der Waals surface area contributed by atoms with Crippen LogP contribution in [0, 0.1) is 0 Å². The molecular weight excluding hydrogens is 236 g/mol. The number of hydrogen-bond acceptors (Lipinski definition) is 5. The summed E-state index contributed by atoms with van der Waals surface area (Å²) in [4.78, 5) is 10.9. The minimum absolute atomic E-state index is 0.105. The largest absolute Gasteiger partial charge is 0.447 e. The summed E-state index contributed by atoms with van der Waals surface area (Å²) in [6.07, 6.45) is 1.19. The number of rotatable bonds is 5. The van der Waals surface area contributed by atoms with Crippen molar-refractivity contribution in [2.24, 2.45) is 0 Å². The van der Waals surface area contributed by atoms with E-state index in [0.717, 1.165) is 0 Å². The van der Waals surface area contributed by atoms with Crippen molar-refractivity contribution in [1.29, 1.82) is 0 Å². The first-order valence-corrected chi connectivity index (χ1v) is 7.34. The number of sulfone groups is 1. The number of thioether (sulfide) groups is 1. The summed E-state index contributed by atoms with van der Waals surface area (Å²) in [5.41, 5.74) is 0. The highest BCUT2D eigenvalue weighted by Crippen LogP contribution is 2.21. The fraction of sp³-hybridized carbons (Fsp3) is 0.444. The van der Waals surface area contributed by atoms with Gasteiger partial charge in [-0.05, 0) is 12.1 Å². The third kappa shape index (κ3) is 4.53. The predicted molar refractivity (Wildman–Crippen MR) is 59.1 cm³/mol. The molecule has 0 saturated heterocycles. The minimum atomic E-state index is -2.93. The van der Waals surface area contributed by atoms with Gasteiger partial charge in [-0.3, -0.25) is 4.79 Å². The molecule has 6 heteroatoms. The van der Waals surface area contributed by atoms with Crippen molar-refractivity contribution in [3.8, 4) is 0 Å². The fourth-order valence-corrected chi connectivity index (χ4v) is 2.94. The van der Waals surface area contributed by atoms with Gasteiger partial charge >= 0.3 is 0 Å². The molecule has 1 rings (SSSR count). The predicted octanol–water partition coefficient (Wildman–Crippen LogP) is 1.62. The van der Waals surface area contributed by atoms with E-state index in [1.165, 1.54) is 24.9 Å². The number of carbonyl (C=O) groups excluding carboxylic acids is 1. The number of hydrogen-bond donors (Lipinski definition) is 0. The highest BCUT2D eigenvalue weighted by Gasteiger charge is 2.08. The number of Topliss-reactive ketones (excluding diaryl/α,β-unsaturated/α-hetero) is 1. The number of ketones is 1. The van der Waals surface area contributed by atoms with Gasteiger partial charge in [0, 0.05) is 18.9 Å². The Labute approximate surface area is 93.0 Å². The van der Waals surface area contributed by atoms with E-state index in [1.54, 1.807) is 12.1 Å². The molecule has 0 aliphatic heterocycles. The Bertz CT molecular complexity index is 444. The summed E-state index contributed by atoms with van der Waals surface area (Å²) in [5, 5.41) is 0.573. The second-order valence-corrected chi connectivity index (χ2v) is 6.51. The lowest BCUT2D eigenvalue weighted by atomic mass is 10.3. The highest BCUT2D eigenvalue weighted by atomic mass is 32.2. The average molecular weight is 248 g/mol. The third-order valence-electron chi connectivity index (χ3n) is 1.63. The molecule has 0 atom stereocenters. The minimum Gasteiger partial charge on any atom is -0.447 e. The third-order valence-corrected chi connectivity index (χ3v) is 3.74. The van der Waals surface area contributed by atoms with Crippen LogP contribution in [0.2, 0.25) is 0 Å². The molecule has 0 N–H and O–H groups in total. The van der Waals surface area contributed by atoms with Crippen LogP contribution in [0.15, 0.2) is 21.6 Å². The van der Waals surface area contributed by atoms with Crippen LogP contribution in [0.1, 0.15) is 17.5 Å². The Morgan fingerprint density at radius 2 is 2.13 bits per heavy atom. The quantitative estimate of drug-likeness (QED) is 0.585. The average Bonchev–Trinajstić information content (AvgIpc) is 2.50. The first-order valence-electron chi connectivity index (χ1n) is 4.30. The molecule has 1 aromatic heterocycles. The van der Waals surface area contributed by atoms with Crippen LogP contribution >= 0.6 is 11.8 Å². The summed E-state index contributed by atoms with van der Waals surface area (Å²) >= 11 is 1.29. The lowest BCUT2D eigenvalue weighted by Crippen LogP contribution is -2.04. The van der Waals surface area contributed by atoms with E-state index in [1.807, 2.05) is 0 Å². The van der Waals surface area contributed by atoms with E-state index < -0.39 is 9.84 Å². The van der Waals surface area contributed by atoms with Gasteiger partial charge in [0.2, 0.25) is 0 Å². The van der Waals surface area contributed by atoms with Crippen molar-refractivity contribution in [3.05, 3.63) is 17.9 Å². The molecule has 15 heavy (non-hydrogen) atoms. The monoisotopic (exact) mass is 248 g/mol. The van der Waals surface area contributed by atoms with Gasteiger partial charge in [-0.25, -0.2) is 8.42 Å². The summed E-state index contributed by atoms with van der Waals surface area (Å²) in [6.45, 7) is 1.42. The lowest BCUT2D eigenvalue weighted by molar-refractivity contribution is 0.0982. The van der Waals surface area contributed by atoms with Crippen molar-refractivity contribution < 1.29 is 17.6 Å². The molecule has 0 amide bonds. The maximum absolute atomic E-state index is 10.9. The molecular formula is C9H12O4S2. The van der Waals surface area contributed by atoms with Gasteiger partial charge in [0.05, 0.1) is 5.75 Å². The molecule has 0 aromatic carbocycles. The summed E-state index contributed by atoms with van der Waals surface area (Å²) in [5.74, 6) is 0.708. The zero-order valence-corrected chi connectivity index (χ0v) is 10.2. The van der Waals surface area contributed by atoms with E-state index in [0.29, 0.717) is 16.6 Å². The molecule has 1 aromatic rings. The molecule has 1 heterocycles. The normalized spacial score (nSPS) is 11.6. The zero-order chi connectivity index (χ0) is 11.5. The van der Waals surface area contributed by atoms with E-state index in [2.05, 4.69) is 0 Å². The molecule has 0 unspecified atom stereocenters. The van der Waals surface area contributed by atoms with Crippen molar-refractivity contribution in [3.63, 3.8) is 0 Å². The fourth-order valence-electron chi connectivity index (χ4n) is 0.881. The van der Waals surface area contributed by atoms with Crippen LogP contribution in [0.4, 0.5) is 0 Å². The van der Waals surface area contributed by atoms with E-state index in [4.69, 9.17) is 4.42 Å². The van der Waals surface area contributed by atoms with Crippen LogP contribution in [0.3, 0.4) is 0 Å². The Hall–Kier alpha value is -0.750. The number of furan rings is 1. The maximum atomic E-state index is 10.9. The Kier molecular flexibility index (Phi) is 3.98. The number of carbonyl (C=O) groups is 1. The van der Waals surface area contributed by atoms with E-state index in [9.17, 15) is 13.2 Å². The van der Waals surface area contributed by atoms with Gasteiger partial charge < -0.3 is 4.42 Å². The van der Waals surface area contributed by atoms with Gasteiger partial charge in [-0.15, -0.1) is 0 Å². The highest BCUT2D eigenvalue weighted by molar-refractivity contribution is 8.00.